The van der Waals surface area contributed by atoms with Crippen molar-refractivity contribution in [2.75, 3.05) is 18.0 Å². The summed E-state index contributed by atoms with van der Waals surface area (Å²) in [6, 6.07) is 8.32. The van der Waals surface area contributed by atoms with Gasteiger partial charge in [0, 0.05) is 53.4 Å². The van der Waals surface area contributed by atoms with Crippen molar-refractivity contribution in [3.63, 3.8) is 0 Å². The average molecular weight is 476 g/mol. The molecule has 0 unspecified atom stereocenters. The van der Waals surface area contributed by atoms with Crippen LogP contribution < -0.4 is 4.90 Å². The van der Waals surface area contributed by atoms with Crippen LogP contribution >= 0.6 is 0 Å². The maximum Gasteiger partial charge on any atom is 0.337 e. The van der Waals surface area contributed by atoms with E-state index in [0.29, 0.717) is 11.3 Å². The third kappa shape index (κ3) is 5.32. The number of aryl methyl sites for hydroxylation is 2. The van der Waals surface area contributed by atoms with E-state index in [1.165, 1.54) is 0 Å². The average Bonchev–Trinajstić information content (AvgIpc) is 2.76. The monoisotopic (exact) mass is 475 g/mol. The van der Waals surface area contributed by atoms with Gasteiger partial charge in [-0.3, -0.25) is 9.97 Å². The molecule has 6 nitrogen and oxygen atoms in total. The van der Waals surface area contributed by atoms with Crippen LogP contribution in [0.4, 0.5) is 5.69 Å². The minimum Gasteiger partial charge on any atom is -0.479 e. The highest BCUT2D eigenvalue weighted by molar-refractivity contribution is 5.92. The van der Waals surface area contributed by atoms with E-state index in [2.05, 4.69) is 41.9 Å². The van der Waals surface area contributed by atoms with Gasteiger partial charge in [-0.15, -0.1) is 0 Å². The van der Waals surface area contributed by atoms with Crippen LogP contribution in [0.25, 0.3) is 21.9 Å². The molecule has 1 aliphatic rings. The van der Waals surface area contributed by atoms with Gasteiger partial charge in [0.15, 0.2) is 6.10 Å². The second-order valence-electron chi connectivity index (χ2n) is 11.5. The van der Waals surface area contributed by atoms with Gasteiger partial charge in [-0.25, -0.2) is 4.79 Å². The summed E-state index contributed by atoms with van der Waals surface area (Å²) in [6.45, 7) is 15.9. The summed E-state index contributed by atoms with van der Waals surface area (Å²) in [5.74, 6) is -0.999. The van der Waals surface area contributed by atoms with Crippen molar-refractivity contribution >= 4 is 22.4 Å². The molecule has 0 amide bonds. The van der Waals surface area contributed by atoms with Crippen LogP contribution in [0.1, 0.15) is 70.5 Å². The number of fused-ring (bicyclic) bond motifs is 1. The van der Waals surface area contributed by atoms with Gasteiger partial charge in [0.25, 0.3) is 0 Å². The predicted molar refractivity (Wildman–Crippen MR) is 141 cm³/mol. The molecule has 3 heterocycles. The zero-order valence-corrected chi connectivity index (χ0v) is 22.0. The standard InChI is InChI=1S/C29H37N3O3/c1-18-23(21-9-8-20-10-13-30-17-22(20)16-21)25(32-14-11-29(6,7)12-15-32)24(19(2)31-18)26(27(33)34)35-28(3,4)5/h8-10,13,16-17,26H,11-12,14-15H2,1-7H3,(H,33,34)/t26-/m0/s1. The number of rotatable bonds is 5. The molecule has 0 spiro atoms. The van der Waals surface area contributed by atoms with Gasteiger partial charge in [-0.1, -0.05) is 26.0 Å². The number of hydrogen-bond acceptors (Lipinski definition) is 5. The van der Waals surface area contributed by atoms with E-state index in [1.807, 2.05) is 46.9 Å². The molecule has 0 radical (unpaired) electrons. The largest absolute Gasteiger partial charge is 0.479 e. The second kappa shape index (κ2) is 9.23. The van der Waals surface area contributed by atoms with E-state index in [1.54, 1.807) is 6.20 Å². The number of pyridine rings is 2. The zero-order valence-electron chi connectivity index (χ0n) is 22.0. The van der Waals surface area contributed by atoms with Crippen LogP contribution in [0.15, 0.2) is 36.7 Å². The highest BCUT2D eigenvalue weighted by Gasteiger charge is 2.36. The van der Waals surface area contributed by atoms with E-state index < -0.39 is 17.7 Å². The molecule has 0 bridgehead atoms. The van der Waals surface area contributed by atoms with Crippen LogP contribution in [-0.4, -0.2) is 39.7 Å². The first kappa shape index (κ1) is 25.1. The second-order valence-corrected chi connectivity index (χ2v) is 11.5. The summed E-state index contributed by atoms with van der Waals surface area (Å²) in [7, 11) is 0. The fourth-order valence-electron chi connectivity index (χ4n) is 5.00. The first-order valence-electron chi connectivity index (χ1n) is 12.4. The van der Waals surface area contributed by atoms with E-state index in [-0.39, 0.29) is 5.41 Å². The molecule has 0 aliphatic carbocycles. The van der Waals surface area contributed by atoms with Gasteiger partial charge in [-0.2, -0.15) is 0 Å². The van der Waals surface area contributed by atoms with Crippen LogP contribution in [0.3, 0.4) is 0 Å². The molecule has 0 saturated carbocycles. The van der Waals surface area contributed by atoms with Crippen LogP contribution in [-0.2, 0) is 9.53 Å². The molecule has 1 saturated heterocycles. The van der Waals surface area contributed by atoms with Crippen molar-refractivity contribution in [3.8, 4) is 11.1 Å². The Bertz CT molecular complexity index is 1250. The summed E-state index contributed by atoms with van der Waals surface area (Å²) in [5.41, 5.74) is 4.78. The predicted octanol–water partition coefficient (Wildman–Crippen LogP) is 6.48. The number of carboxylic acids is 1. The molecule has 1 N–H and O–H groups in total. The van der Waals surface area contributed by atoms with Crippen molar-refractivity contribution in [1.82, 2.24) is 9.97 Å². The summed E-state index contributed by atoms with van der Waals surface area (Å²) >= 11 is 0. The SMILES string of the molecule is Cc1nc(C)c([C@H](OC(C)(C)C)C(=O)O)c(N2CCC(C)(C)CC2)c1-c1ccc2ccncc2c1. The molecule has 6 heteroatoms. The number of ether oxygens (including phenoxy) is 1. The summed E-state index contributed by atoms with van der Waals surface area (Å²) in [4.78, 5) is 24.1. The molecule has 1 fully saturated rings. The lowest BCUT2D eigenvalue weighted by atomic mass is 9.81. The number of benzene rings is 1. The molecule has 35 heavy (non-hydrogen) atoms. The van der Waals surface area contributed by atoms with Gasteiger partial charge in [0.2, 0.25) is 0 Å². The third-order valence-electron chi connectivity index (χ3n) is 6.90. The van der Waals surface area contributed by atoms with Gasteiger partial charge in [0.1, 0.15) is 0 Å². The van der Waals surface area contributed by atoms with Crippen molar-refractivity contribution < 1.29 is 14.6 Å². The number of nitrogens with zero attached hydrogens (tertiary/aromatic N) is 3. The van der Waals surface area contributed by atoms with Crippen molar-refractivity contribution in [1.29, 1.82) is 0 Å². The molecule has 2 aromatic heterocycles. The molecule has 1 atom stereocenters. The smallest absolute Gasteiger partial charge is 0.337 e. The van der Waals surface area contributed by atoms with Crippen LogP contribution in [0.5, 0.6) is 0 Å². The summed E-state index contributed by atoms with van der Waals surface area (Å²) in [6.07, 6.45) is 4.61. The van der Waals surface area contributed by atoms with Gasteiger partial charge < -0.3 is 14.7 Å². The highest BCUT2D eigenvalue weighted by atomic mass is 16.5. The number of anilines is 1. The molecule has 1 aliphatic heterocycles. The fourth-order valence-corrected chi connectivity index (χ4v) is 5.00. The number of hydrogen-bond donors (Lipinski definition) is 1. The minimum atomic E-state index is -1.12. The molecular formula is C29H37N3O3. The molecule has 186 valence electrons. The Morgan fingerprint density at radius 3 is 2.40 bits per heavy atom. The molecular weight excluding hydrogens is 438 g/mol. The quantitative estimate of drug-likeness (QED) is 0.455. The summed E-state index contributed by atoms with van der Waals surface area (Å²) in [5, 5.41) is 12.5. The van der Waals surface area contributed by atoms with Crippen molar-refractivity contribution in [2.24, 2.45) is 5.41 Å². The third-order valence-corrected chi connectivity index (χ3v) is 6.90. The van der Waals surface area contributed by atoms with Gasteiger partial charge in [-0.05, 0) is 76.0 Å². The minimum absolute atomic E-state index is 0.261. The van der Waals surface area contributed by atoms with Crippen LogP contribution in [0.2, 0.25) is 0 Å². The Balaban J connectivity index is 1.99. The lowest BCUT2D eigenvalue weighted by Crippen LogP contribution is -2.39. The maximum absolute atomic E-state index is 12.6. The lowest BCUT2D eigenvalue weighted by molar-refractivity contribution is -0.160. The zero-order chi connectivity index (χ0) is 25.5. The fraction of sp³-hybridized carbons (Fsp3) is 0.483. The molecule has 3 aromatic rings. The number of aromatic nitrogens is 2. The highest BCUT2D eigenvalue weighted by Crippen LogP contribution is 2.45. The number of piperidine rings is 1. The molecule has 4 rings (SSSR count). The Kier molecular flexibility index (Phi) is 6.62. The van der Waals surface area contributed by atoms with E-state index in [0.717, 1.165) is 59.2 Å². The van der Waals surface area contributed by atoms with Crippen LogP contribution in [0, 0.1) is 19.3 Å². The van der Waals surface area contributed by atoms with Crippen molar-refractivity contribution in [2.45, 2.75) is 73.0 Å². The first-order valence-corrected chi connectivity index (χ1v) is 12.4. The van der Waals surface area contributed by atoms with E-state index >= 15 is 0 Å². The molecule has 1 aromatic carbocycles. The Labute approximate surface area is 208 Å². The summed E-state index contributed by atoms with van der Waals surface area (Å²) < 4.78 is 6.16. The number of carboxylic acid groups (broad SMARTS) is 1. The van der Waals surface area contributed by atoms with Crippen molar-refractivity contribution in [3.05, 3.63) is 53.6 Å². The Morgan fingerprint density at radius 1 is 1.09 bits per heavy atom. The topological polar surface area (TPSA) is 75.6 Å². The number of carbonyl (C=O) groups is 1. The maximum atomic E-state index is 12.6. The van der Waals surface area contributed by atoms with Gasteiger partial charge in [0.05, 0.1) is 11.3 Å². The van der Waals surface area contributed by atoms with E-state index in [9.17, 15) is 9.90 Å². The Morgan fingerprint density at radius 2 is 1.77 bits per heavy atom. The first-order chi connectivity index (χ1) is 16.4. The van der Waals surface area contributed by atoms with Gasteiger partial charge >= 0.3 is 5.97 Å². The Hall–Kier alpha value is -2.99. The lowest BCUT2D eigenvalue weighted by Gasteiger charge is -2.41. The van der Waals surface area contributed by atoms with E-state index in [4.69, 9.17) is 9.72 Å². The number of aliphatic carboxylic acids is 1. The normalized spacial score (nSPS) is 16.9.